The average Bonchev–Trinajstić information content (AvgIpc) is 3.33. The van der Waals surface area contributed by atoms with Gasteiger partial charge >= 0.3 is 0 Å². The second-order valence-corrected chi connectivity index (χ2v) is 12.5. The van der Waals surface area contributed by atoms with Crippen LogP contribution in [0.1, 0.15) is 66.8 Å². The topological polar surface area (TPSA) is 48.1 Å². The Balaban J connectivity index is 1.61. The van der Waals surface area contributed by atoms with E-state index in [-0.39, 0.29) is 0 Å². The fraction of sp³-hybridized carbons (Fsp3) is 0.897. The maximum atomic E-state index is 4.77. The first-order valence-corrected chi connectivity index (χ1v) is 15.1. The summed E-state index contributed by atoms with van der Waals surface area (Å²) in [6, 6.07) is 4.68. The highest BCUT2D eigenvalue weighted by Gasteiger charge is 2.22. The van der Waals surface area contributed by atoms with Crippen molar-refractivity contribution in [2.75, 3.05) is 78.5 Å². The van der Waals surface area contributed by atoms with Crippen molar-refractivity contribution in [1.82, 2.24) is 39.6 Å². The van der Waals surface area contributed by atoms with Crippen LogP contribution < -0.4 is 0 Å². The molecule has 8 nitrogen and oxygen atoms in total. The van der Waals surface area contributed by atoms with E-state index >= 15 is 0 Å². The second kappa shape index (κ2) is 14.9. The Labute approximate surface area is 228 Å². The van der Waals surface area contributed by atoms with E-state index in [1.807, 2.05) is 0 Å². The number of H-pyrrole nitrogens is 1. The molecule has 37 heavy (non-hydrogen) atoms. The quantitative estimate of drug-likeness (QED) is 0.568. The van der Waals surface area contributed by atoms with Crippen LogP contribution in [0, 0.1) is 0 Å². The van der Waals surface area contributed by atoms with Crippen LogP contribution in [0.5, 0.6) is 0 Å². The normalized spacial score (nSPS) is 22.4. The molecule has 1 aromatic rings. The van der Waals surface area contributed by atoms with Gasteiger partial charge in [-0.3, -0.25) is 34.5 Å². The lowest BCUT2D eigenvalue weighted by Crippen LogP contribution is -2.41. The summed E-state index contributed by atoms with van der Waals surface area (Å²) in [5.74, 6) is 0. The fourth-order valence-electron chi connectivity index (χ4n) is 5.69. The molecule has 214 valence electrons. The summed E-state index contributed by atoms with van der Waals surface area (Å²) in [7, 11) is 0. The lowest BCUT2D eigenvalue weighted by Gasteiger charge is -2.30. The molecular weight excluding hydrogens is 460 g/mol. The lowest BCUT2D eigenvalue weighted by molar-refractivity contribution is 0.169. The molecule has 2 saturated heterocycles. The minimum atomic E-state index is 0.589. The predicted octanol–water partition coefficient (Wildman–Crippen LogP) is 2.88. The van der Waals surface area contributed by atoms with Gasteiger partial charge in [0.2, 0.25) is 0 Å². The summed E-state index contributed by atoms with van der Waals surface area (Å²) in [4.78, 5) is 15.8. The van der Waals surface area contributed by atoms with Gasteiger partial charge in [0.05, 0.1) is 5.69 Å². The third-order valence-electron chi connectivity index (χ3n) is 8.55. The molecule has 0 atom stereocenters. The minimum absolute atomic E-state index is 0.589. The molecule has 0 saturated carbocycles. The number of aromatic nitrogens is 2. The molecule has 2 aliphatic heterocycles. The summed E-state index contributed by atoms with van der Waals surface area (Å²) >= 11 is 0. The summed E-state index contributed by atoms with van der Waals surface area (Å²) < 4.78 is 0. The van der Waals surface area contributed by atoms with Crippen LogP contribution in [0.3, 0.4) is 0 Å². The van der Waals surface area contributed by atoms with E-state index in [4.69, 9.17) is 5.10 Å². The van der Waals surface area contributed by atoms with Crippen LogP contribution in [0.15, 0.2) is 6.07 Å². The molecule has 1 N–H and O–H groups in total. The number of nitrogens with zero attached hydrogens (tertiary/aromatic N) is 7. The minimum Gasteiger partial charge on any atom is -0.298 e. The highest BCUT2D eigenvalue weighted by molar-refractivity contribution is 5.09. The van der Waals surface area contributed by atoms with Gasteiger partial charge in [-0.05, 0) is 61.5 Å². The monoisotopic (exact) mass is 518 g/mol. The molecule has 1 aromatic heterocycles. The van der Waals surface area contributed by atoms with Crippen LogP contribution >= 0.6 is 0 Å². The zero-order chi connectivity index (χ0) is 26.9. The van der Waals surface area contributed by atoms with Crippen molar-refractivity contribution in [1.29, 1.82) is 0 Å². The number of hydrogen-bond donors (Lipinski definition) is 1. The molecular formula is C29H58N8. The van der Waals surface area contributed by atoms with Crippen LogP contribution in [-0.4, -0.2) is 142 Å². The Morgan fingerprint density at radius 1 is 0.541 bits per heavy atom. The number of hydrogen-bond acceptors (Lipinski definition) is 7. The highest BCUT2D eigenvalue weighted by Crippen LogP contribution is 2.13. The van der Waals surface area contributed by atoms with E-state index in [0.29, 0.717) is 24.2 Å². The molecule has 0 aliphatic carbocycles. The smallest absolute Gasteiger partial charge is 0.0765 e. The van der Waals surface area contributed by atoms with Gasteiger partial charge in [-0.25, -0.2) is 0 Å². The summed E-state index contributed by atoms with van der Waals surface area (Å²) in [5.41, 5.74) is 2.43. The molecule has 3 rings (SSSR count). The van der Waals surface area contributed by atoms with Gasteiger partial charge in [0, 0.05) is 121 Å². The van der Waals surface area contributed by atoms with Crippen molar-refractivity contribution in [3.8, 4) is 0 Å². The van der Waals surface area contributed by atoms with Gasteiger partial charge in [0.15, 0.2) is 0 Å². The predicted molar refractivity (Wildman–Crippen MR) is 156 cm³/mol. The van der Waals surface area contributed by atoms with Crippen LogP contribution in [0.25, 0.3) is 0 Å². The van der Waals surface area contributed by atoms with Crippen molar-refractivity contribution in [2.45, 2.75) is 92.6 Å². The summed E-state index contributed by atoms with van der Waals surface area (Å²) in [5, 5.41) is 8.16. The van der Waals surface area contributed by atoms with Gasteiger partial charge < -0.3 is 0 Å². The van der Waals surface area contributed by atoms with E-state index in [2.05, 4.69) is 96.0 Å². The molecule has 0 unspecified atom stereocenters. The molecule has 0 bridgehead atoms. The molecule has 0 amide bonds. The van der Waals surface area contributed by atoms with E-state index in [1.165, 1.54) is 11.4 Å². The van der Waals surface area contributed by atoms with E-state index in [0.717, 1.165) is 91.6 Å². The van der Waals surface area contributed by atoms with Crippen molar-refractivity contribution >= 4 is 0 Å². The Morgan fingerprint density at radius 3 is 1.22 bits per heavy atom. The summed E-state index contributed by atoms with van der Waals surface area (Å²) in [6.45, 7) is 34.1. The van der Waals surface area contributed by atoms with Crippen LogP contribution in [0.4, 0.5) is 0 Å². The van der Waals surface area contributed by atoms with Crippen molar-refractivity contribution in [2.24, 2.45) is 0 Å². The summed E-state index contributed by atoms with van der Waals surface area (Å²) in [6.07, 6.45) is 0. The Hall–Kier alpha value is -1.03. The highest BCUT2D eigenvalue weighted by atomic mass is 15.3. The van der Waals surface area contributed by atoms with Crippen LogP contribution in [-0.2, 0) is 13.1 Å². The third-order valence-corrected chi connectivity index (χ3v) is 8.55. The molecule has 2 aliphatic rings. The standard InChI is InChI=1S/C29H58N8/c1-24(2)34-13-9-32(10-14-35(18-17-34)25(3)4)22-28-21-29(31-30-28)23-33-11-15-36(26(5)6)19-20-37(16-12-33)27(7)8/h21,24-27H,9-20,22-23H2,1-8H3,(H,30,31). The van der Waals surface area contributed by atoms with Gasteiger partial charge in [-0.2, -0.15) is 5.10 Å². The number of nitrogens with one attached hydrogen (secondary N) is 1. The lowest BCUT2D eigenvalue weighted by atomic mass is 10.2. The van der Waals surface area contributed by atoms with E-state index in [9.17, 15) is 0 Å². The van der Waals surface area contributed by atoms with Gasteiger partial charge in [-0.15, -0.1) is 0 Å². The first-order chi connectivity index (χ1) is 17.6. The molecule has 0 spiro atoms. The van der Waals surface area contributed by atoms with Gasteiger partial charge in [-0.1, -0.05) is 0 Å². The third kappa shape index (κ3) is 9.90. The SMILES string of the molecule is CC(C)N1CCN(Cc2cc(CN3CCN(C(C)C)CCN(C(C)C)CC3)[nH]n2)CCN(C(C)C)CC1. The zero-order valence-corrected chi connectivity index (χ0v) is 25.4. The molecule has 8 heteroatoms. The number of aromatic amines is 1. The average molecular weight is 519 g/mol. The van der Waals surface area contributed by atoms with Crippen molar-refractivity contribution in [3.05, 3.63) is 17.5 Å². The number of rotatable bonds is 8. The van der Waals surface area contributed by atoms with Crippen LogP contribution in [0.2, 0.25) is 0 Å². The maximum Gasteiger partial charge on any atom is 0.0765 e. The second-order valence-electron chi connectivity index (χ2n) is 12.5. The first-order valence-electron chi connectivity index (χ1n) is 15.1. The van der Waals surface area contributed by atoms with E-state index in [1.54, 1.807) is 0 Å². The fourth-order valence-corrected chi connectivity index (χ4v) is 5.69. The molecule has 0 radical (unpaired) electrons. The largest absolute Gasteiger partial charge is 0.298 e. The molecule has 0 aromatic carbocycles. The van der Waals surface area contributed by atoms with E-state index < -0.39 is 0 Å². The first kappa shape index (κ1) is 30.5. The zero-order valence-electron chi connectivity index (χ0n) is 25.4. The van der Waals surface area contributed by atoms with Gasteiger partial charge in [0.25, 0.3) is 0 Å². The Bertz CT molecular complexity index is 660. The molecule has 3 heterocycles. The van der Waals surface area contributed by atoms with Crippen molar-refractivity contribution in [3.63, 3.8) is 0 Å². The Kier molecular flexibility index (Phi) is 12.3. The maximum absolute atomic E-state index is 4.77. The van der Waals surface area contributed by atoms with Crippen molar-refractivity contribution < 1.29 is 0 Å². The molecule has 2 fully saturated rings. The van der Waals surface area contributed by atoms with Gasteiger partial charge in [0.1, 0.15) is 0 Å². The Morgan fingerprint density at radius 2 is 0.865 bits per heavy atom.